The molecule has 0 aromatic carbocycles. The number of fused-ring (bicyclic) bond motifs is 1. The van der Waals surface area contributed by atoms with E-state index in [4.69, 9.17) is 34.4 Å². The number of ether oxygens (including phenoxy) is 1. The molecule has 1 saturated carbocycles. The Morgan fingerprint density at radius 2 is 1.44 bits per heavy atom. The lowest BCUT2D eigenvalue weighted by Crippen LogP contribution is -2.65. The Balaban J connectivity index is 0.000000457. The molecule has 1 aliphatic carbocycles. The molecule has 4 aromatic heterocycles. The first-order chi connectivity index (χ1) is 30.3. The van der Waals surface area contributed by atoms with Gasteiger partial charge in [0, 0.05) is 60.6 Å². The van der Waals surface area contributed by atoms with E-state index in [0.717, 1.165) is 41.2 Å². The number of hydrogen-bond acceptors (Lipinski definition) is 12. The van der Waals surface area contributed by atoms with Gasteiger partial charge in [-0.15, -0.1) is 0 Å². The number of halogens is 12. The average Bonchev–Trinajstić information content (AvgIpc) is 3.89. The standard InChI is InChI=1S/C31H36F3N9O2.3C2HF3O2/c1-29(2,18-44)39-13-20-11-25(31(32,33)34)41-26(12-20)45-23-5-3-22(4-6-23)42-16-30(17-42,8-9-35)43-15-21(14-40-43)27-24-7-10-36-28(24)38-19-37-27;3*3-2(4,5)1(6)7/h7,10-12,14-15,19,22-23,39,44H,3-6,8,13,16-18H2,1-2H3,(H,36,37,38);3*(H,6,7)/t22-,23+;;;. The summed E-state index contributed by atoms with van der Waals surface area (Å²) in [5.41, 5.74) is 0.682. The van der Waals surface area contributed by atoms with Crippen LogP contribution in [0.15, 0.2) is 43.1 Å². The fourth-order valence-corrected chi connectivity index (χ4v) is 6.22. The molecule has 1 saturated heterocycles. The number of carbonyl (C=O) groups is 3. The molecule has 0 spiro atoms. The van der Waals surface area contributed by atoms with Gasteiger partial charge in [-0.2, -0.15) is 63.0 Å². The van der Waals surface area contributed by atoms with Crippen LogP contribution in [-0.4, -0.2) is 129 Å². The monoisotopic (exact) mass is 965 g/mol. The maximum atomic E-state index is 13.6. The third-order valence-electron chi connectivity index (χ3n) is 9.59. The van der Waals surface area contributed by atoms with E-state index < -0.39 is 59.4 Å². The maximum Gasteiger partial charge on any atom is 0.490 e. The average molecular weight is 966 g/mol. The van der Waals surface area contributed by atoms with Crippen LogP contribution in [-0.2, 0) is 32.6 Å². The van der Waals surface area contributed by atoms with E-state index in [2.05, 4.69) is 41.3 Å². The highest BCUT2D eigenvalue weighted by atomic mass is 19.4. The summed E-state index contributed by atoms with van der Waals surface area (Å²) in [7, 11) is 0. The minimum Gasteiger partial charge on any atom is -0.475 e. The van der Waals surface area contributed by atoms with Gasteiger partial charge in [0.15, 0.2) is 0 Å². The van der Waals surface area contributed by atoms with Crippen LogP contribution in [0.2, 0.25) is 0 Å². The number of pyridine rings is 1. The van der Waals surface area contributed by atoms with Crippen LogP contribution in [0.1, 0.15) is 57.2 Å². The molecule has 2 aliphatic rings. The first-order valence-electron chi connectivity index (χ1n) is 18.8. The normalized spacial score (nSPS) is 17.6. The van der Waals surface area contributed by atoms with Crippen LogP contribution in [0.25, 0.3) is 22.3 Å². The number of alkyl halides is 12. The number of H-pyrrole nitrogens is 1. The molecular weight excluding hydrogens is 926 g/mol. The van der Waals surface area contributed by atoms with Gasteiger partial charge in [0.1, 0.15) is 29.3 Å². The van der Waals surface area contributed by atoms with Crippen LogP contribution in [0, 0.1) is 11.3 Å². The lowest BCUT2D eigenvalue weighted by Gasteiger charge is -2.53. The van der Waals surface area contributed by atoms with Crippen LogP contribution in [0.5, 0.6) is 5.88 Å². The van der Waals surface area contributed by atoms with E-state index in [1.165, 1.54) is 12.4 Å². The first-order valence-corrected chi connectivity index (χ1v) is 18.8. The van der Waals surface area contributed by atoms with Crippen molar-refractivity contribution in [2.75, 3.05) is 19.7 Å². The van der Waals surface area contributed by atoms with Crippen molar-refractivity contribution in [3.63, 3.8) is 0 Å². The van der Waals surface area contributed by atoms with E-state index in [-0.39, 0.29) is 31.2 Å². The highest BCUT2D eigenvalue weighted by Gasteiger charge is 2.48. The Morgan fingerprint density at radius 3 is 1.92 bits per heavy atom. The molecule has 6 N–H and O–H groups in total. The van der Waals surface area contributed by atoms with Gasteiger partial charge in [0.05, 0.1) is 31.0 Å². The fourth-order valence-electron chi connectivity index (χ4n) is 6.22. The Morgan fingerprint density at radius 1 is 0.894 bits per heavy atom. The molecule has 0 bridgehead atoms. The van der Waals surface area contributed by atoms with Crippen molar-refractivity contribution in [3.05, 3.63) is 54.4 Å². The van der Waals surface area contributed by atoms with Gasteiger partial charge >= 0.3 is 42.6 Å². The third kappa shape index (κ3) is 15.4. The molecule has 4 aromatic rings. The topological polar surface area (TPSA) is 253 Å². The number of aliphatic hydroxyl groups excluding tert-OH is 1. The summed E-state index contributed by atoms with van der Waals surface area (Å²) in [6.45, 7) is 4.87. The van der Waals surface area contributed by atoms with Gasteiger partial charge in [-0.3, -0.25) is 9.58 Å². The van der Waals surface area contributed by atoms with Gasteiger partial charge in [-0.1, -0.05) is 0 Å². The van der Waals surface area contributed by atoms with Crippen molar-refractivity contribution in [1.82, 2.24) is 39.9 Å². The van der Waals surface area contributed by atoms with E-state index >= 15 is 0 Å². The fraction of sp³-hybridized carbons (Fsp3) is 0.514. The number of nitriles is 1. The summed E-state index contributed by atoms with van der Waals surface area (Å²) in [6.07, 6.45) is -9.72. The van der Waals surface area contributed by atoms with E-state index in [1.807, 2.05) is 23.1 Å². The molecule has 0 radical (unpaired) electrons. The smallest absolute Gasteiger partial charge is 0.475 e. The van der Waals surface area contributed by atoms with Gasteiger partial charge in [0.25, 0.3) is 0 Å². The molecule has 0 atom stereocenters. The van der Waals surface area contributed by atoms with Crippen LogP contribution in [0.4, 0.5) is 52.7 Å². The number of aromatic amines is 1. The molecule has 1 aliphatic heterocycles. The number of aliphatic carboxylic acids is 3. The summed E-state index contributed by atoms with van der Waals surface area (Å²) in [6, 6.07) is 7.10. The molecule has 364 valence electrons. The number of hydrogen-bond donors (Lipinski definition) is 6. The number of carboxylic acid groups (broad SMARTS) is 3. The van der Waals surface area contributed by atoms with Crippen molar-refractivity contribution in [2.24, 2.45) is 0 Å². The highest BCUT2D eigenvalue weighted by molar-refractivity contribution is 5.90. The van der Waals surface area contributed by atoms with Crippen LogP contribution >= 0.6 is 0 Å². The largest absolute Gasteiger partial charge is 0.490 e. The molecule has 0 amide bonds. The molecule has 0 unspecified atom stereocenters. The Kier molecular flexibility index (Phi) is 17.5. The van der Waals surface area contributed by atoms with Gasteiger partial charge in [0.2, 0.25) is 5.88 Å². The number of rotatable bonds is 10. The Hall–Kier alpha value is -6.28. The zero-order valence-corrected chi connectivity index (χ0v) is 34.1. The van der Waals surface area contributed by atoms with Gasteiger partial charge in [-0.25, -0.2) is 29.3 Å². The summed E-state index contributed by atoms with van der Waals surface area (Å²) < 4.78 is 144. The molecule has 66 heavy (non-hydrogen) atoms. The van der Waals surface area contributed by atoms with Crippen molar-refractivity contribution in [1.29, 1.82) is 5.26 Å². The third-order valence-corrected chi connectivity index (χ3v) is 9.59. The van der Waals surface area contributed by atoms with Crippen molar-refractivity contribution < 1.29 is 92.2 Å². The van der Waals surface area contributed by atoms with Gasteiger partial charge < -0.3 is 35.5 Å². The molecular formula is C37H39F12N9O8. The summed E-state index contributed by atoms with van der Waals surface area (Å²) in [4.78, 5) is 44.6. The number of aromatic nitrogens is 6. The minimum absolute atomic E-state index is 0.0426. The lowest BCUT2D eigenvalue weighted by molar-refractivity contribution is -0.193. The molecule has 17 nitrogen and oxygen atoms in total. The zero-order chi connectivity index (χ0) is 50.1. The van der Waals surface area contributed by atoms with E-state index in [9.17, 15) is 63.1 Å². The lowest BCUT2D eigenvalue weighted by atomic mass is 9.82. The van der Waals surface area contributed by atoms with Crippen molar-refractivity contribution in [2.45, 2.75) is 100 Å². The van der Waals surface area contributed by atoms with Crippen LogP contribution in [0.3, 0.4) is 0 Å². The van der Waals surface area contributed by atoms with E-state index in [1.54, 1.807) is 20.0 Å². The van der Waals surface area contributed by atoms with Crippen molar-refractivity contribution in [3.8, 4) is 23.2 Å². The summed E-state index contributed by atoms with van der Waals surface area (Å²) in [5, 5.41) is 49.1. The number of likely N-dealkylation sites (tertiary alicyclic amines) is 1. The molecule has 2 fully saturated rings. The predicted octanol–water partition coefficient (Wildman–Crippen LogP) is 6.31. The van der Waals surface area contributed by atoms with Gasteiger partial charge in [-0.05, 0) is 57.2 Å². The predicted molar refractivity (Wildman–Crippen MR) is 200 cm³/mol. The SMILES string of the molecule is CC(C)(CO)NCc1cc(O[C@H]2CC[C@@H](N3CC(CC#N)(n4cc(-c5ncnc6[nH]ccc56)cn4)C3)CC2)nc(C(F)(F)F)c1.O=C(O)C(F)(F)F.O=C(O)C(F)(F)F.O=C(O)C(F)(F)F. The highest BCUT2D eigenvalue weighted by Crippen LogP contribution is 2.39. The second kappa shape index (κ2) is 21.4. The minimum atomic E-state index is -5.08. The second-order valence-electron chi connectivity index (χ2n) is 15.1. The number of nitrogens with one attached hydrogen (secondary N) is 2. The number of aliphatic hydroxyl groups is 1. The Labute approximate surface area is 364 Å². The number of nitrogens with zero attached hydrogens (tertiary/aromatic N) is 7. The zero-order valence-electron chi connectivity index (χ0n) is 34.1. The maximum absolute atomic E-state index is 13.6. The van der Waals surface area contributed by atoms with E-state index in [0.29, 0.717) is 37.9 Å². The first kappa shape index (κ1) is 54.1. The second-order valence-corrected chi connectivity index (χ2v) is 15.1. The van der Waals surface area contributed by atoms with Crippen molar-refractivity contribution >= 4 is 28.9 Å². The summed E-state index contributed by atoms with van der Waals surface area (Å²) >= 11 is 0. The number of carboxylic acids is 3. The molecule has 29 heteroatoms. The summed E-state index contributed by atoms with van der Waals surface area (Å²) in [5.74, 6) is -8.31. The molecule has 6 rings (SSSR count). The Bertz CT molecular complexity index is 2250. The quantitative estimate of drug-likeness (QED) is 0.0953. The molecule has 5 heterocycles. The van der Waals surface area contributed by atoms with Crippen LogP contribution < -0.4 is 10.1 Å².